The summed E-state index contributed by atoms with van der Waals surface area (Å²) in [6, 6.07) is 10.1. The fourth-order valence-electron chi connectivity index (χ4n) is 3.35. The molecule has 1 aliphatic rings. The van der Waals surface area contributed by atoms with Gasteiger partial charge in [0.1, 0.15) is 0 Å². The van der Waals surface area contributed by atoms with Gasteiger partial charge in [0.25, 0.3) is 5.91 Å². The first-order valence-electron chi connectivity index (χ1n) is 7.95. The molecule has 2 nitrogen and oxygen atoms in total. The van der Waals surface area contributed by atoms with Crippen LogP contribution >= 0.6 is 0 Å². The Labute approximate surface area is 123 Å². The largest absolute Gasteiger partial charge is 0.339 e. The van der Waals surface area contributed by atoms with E-state index >= 15 is 0 Å². The molecule has 0 radical (unpaired) electrons. The molecule has 1 aromatic rings. The molecule has 1 aromatic carbocycles. The highest BCUT2D eigenvalue weighted by Gasteiger charge is 2.29. The Balaban J connectivity index is 2.01. The molecule has 3 atom stereocenters. The van der Waals surface area contributed by atoms with Crippen LogP contribution in [0.15, 0.2) is 30.3 Å². The third-order valence-corrected chi connectivity index (χ3v) is 5.02. The highest BCUT2D eigenvalue weighted by Crippen LogP contribution is 2.33. The summed E-state index contributed by atoms with van der Waals surface area (Å²) < 4.78 is 0. The van der Waals surface area contributed by atoms with Crippen molar-refractivity contribution in [1.29, 1.82) is 0 Å². The van der Waals surface area contributed by atoms with Gasteiger partial charge in [-0.3, -0.25) is 4.79 Å². The Hall–Kier alpha value is -1.31. The van der Waals surface area contributed by atoms with Crippen molar-refractivity contribution >= 4 is 5.91 Å². The summed E-state index contributed by atoms with van der Waals surface area (Å²) in [5.74, 6) is 1.73. The van der Waals surface area contributed by atoms with E-state index in [1.165, 1.54) is 25.7 Å². The van der Waals surface area contributed by atoms with Crippen LogP contribution in [0, 0.1) is 11.8 Å². The van der Waals surface area contributed by atoms with Crippen LogP contribution in [0.2, 0.25) is 0 Å². The van der Waals surface area contributed by atoms with E-state index in [9.17, 15) is 4.79 Å². The Morgan fingerprint density at radius 1 is 1.30 bits per heavy atom. The predicted molar refractivity (Wildman–Crippen MR) is 83.7 cm³/mol. The van der Waals surface area contributed by atoms with Gasteiger partial charge in [0.15, 0.2) is 0 Å². The van der Waals surface area contributed by atoms with E-state index in [0.717, 1.165) is 23.8 Å². The lowest BCUT2D eigenvalue weighted by Crippen LogP contribution is -2.41. The average molecular weight is 273 g/mol. The van der Waals surface area contributed by atoms with Crippen molar-refractivity contribution in [2.24, 2.45) is 11.8 Å². The zero-order valence-electron chi connectivity index (χ0n) is 13.0. The number of hydrogen-bond donors (Lipinski definition) is 0. The summed E-state index contributed by atoms with van der Waals surface area (Å²) in [5.41, 5.74) is 0.806. The Morgan fingerprint density at radius 2 is 2.00 bits per heavy atom. The average Bonchev–Trinajstić information content (AvgIpc) is 2.53. The highest BCUT2D eigenvalue weighted by atomic mass is 16.2. The molecule has 0 bridgehead atoms. The van der Waals surface area contributed by atoms with Crippen molar-refractivity contribution in [1.82, 2.24) is 4.90 Å². The first-order chi connectivity index (χ1) is 9.63. The standard InChI is InChI=1S/C18H27NO/c1-4-14(2)16-11-8-12-17(13-16)19(3)18(20)15-9-6-5-7-10-15/h5-7,9-10,14,16-17H,4,8,11-13H2,1-3H3. The van der Waals surface area contributed by atoms with Gasteiger partial charge in [-0.25, -0.2) is 0 Å². The minimum Gasteiger partial charge on any atom is -0.339 e. The molecule has 2 rings (SSSR count). The van der Waals surface area contributed by atoms with Crippen LogP contribution in [0.4, 0.5) is 0 Å². The molecule has 0 saturated heterocycles. The molecule has 0 aromatic heterocycles. The van der Waals surface area contributed by atoms with Gasteiger partial charge in [-0.15, -0.1) is 0 Å². The van der Waals surface area contributed by atoms with Gasteiger partial charge in [0.05, 0.1) is 0 Å². The molecule has 1 amide bonds. The highest BCUT2D eigenvalue weighted by molar-refractivity contribution is 5.94. The second-order valence-electron chi connectivity index (χ2n) is 6.25. The van der Waals surface area contributed by atoms with Crippen molar-refractivity contribution < 1.29 is 4.79 Å². The third kappa shape index (κ3) is 3.41. The van der Waals surface area contributed by atoms with Gasteiger partial charge in [0.2, 0.25) is 0 Å². The number of benzene rings is 1. The van der Waals surface area contributed by atoms with Crippen molar-refractivity contribution in [2.75, 3.05) is 7.05 Å². The number of amides is 1. The third-order valence-electron chi connectivity index (χ3n) is 5.02. The first kappa shape index (κ1) is 15.1. The minimum absolute atomic E-state index is 0.167. The number of hydrogen-bond acceptors (Lipinski definition) is 1. The smallest absolute Gasteiger partial charge is 0.253 e. The molecule has 1 saturated carbocycles. The monoisotopic (exact) mass is 273 g/mol. The maximum Gasteiger partial charge on any atom is 0.253 e. The van der Waals surface area contributed by atoms with Crippen LogP contribution in [-0.4, -0.2) is 23.9 Å². The molecule has 0 spiro atoms. The van der Waals surface area contributed by atoms with Crippen LogP contribution in [-0.2, 0) is 0 Å². The number of nitrogens with zero attached hydrogens (tertiary/aromatic N) is 1. The van der Waals surface area contributed by atoms with Gasteiger partial charge < -0.3 is 4.90 Å². The topological polar surface area (TPSA) is 20.3 Å². The SMILES string of the molecule is CCC(C)C1CCCC(N(C)C(=O)c2ccccc2)C1. The number of rotatable bonds is 4. The lowest BCUT2D eigenvalue weighted by molar-refractivity contribution is 0.0639. The van der Waals surface area contributed by atoms with Gasteiger partial charge in [-0.1, -0.05) is 51.3 Å². The Kier molecular flexibility index (Phi) is 5.22. The van der Waals surface area contributed by atoms with Crippen LogP contribution in [0.3, 0.4) is 0 Å². The first-order valence-corrected chi connectivity index (χ1v) is 7.95. The zero-order valence-corrected chi connectivity index (χ0v) is 13.0. The van der Waals surface area contributed by atoms with E-state index in [1.807, 2.05) is 42.3 Å². The lowest BCUT2D eigenvalue weighted by Gasteiger charge is -2.37. The van der Waals surface area contributed by atoms with Crippen molar-refractivity contribution in [3.8, 4) is 0 Å². The molecule has 3 unspecified atom stereocenters. The fourth-order valence-corrected chi connectivity index (χ4v) is 3.35. The summed E-state index contributed by atoms with van der Waals surface area (Å²) in [5, 5.41) is 0. The molecule has 2 heteroatoms. The van der Waals surface area contributed by atoms with Crippen molar-refractivity contribution in [3.05, 3.63) is 35.9 Å². The van der Waals surface area contributed by atoms with Crippen molar-refractivity contribution in [3.63, 3.8) is 0 Å². The molecular formula is C18H27NO. The van der Waals surface area contributed by atoms with Crippen LogP contribution < -0.4 is 0 Å². The summed E-state index contributed by atoms with van der Waals surface area (Å²) in [4.78, 5) is 14.5. The van der Waals surface area contributed by atoms with Crippen LogP contribution in [0.1, 0.15) is 56.3 Å². The minimum atomic E-state index is 0.167. The molecule has 0 aliphatic heterocycles. The second-order valence-corrected chi connectivity index (χ2v) is 6.25. The molecule has 0 heterocycles. The molecule has 20 heavy (non-hydrogen) atoms. The van der Waals surface area contributed by atoms with E-state index < -0.39 is 0 Å². The fraction of sp³-hybridized carbons (Fsp3) is 0.611. The summed E-state index contributed by atoms with van der Waals surface area (Å²) in [6.45, 7) is 4.62. The van der Waals surface area contributed by atoms with E-state index in [1.54, 1.807) is 0 Å². The van der Waals surface area contributed by atoms with Gasteiger partial charge in [0, 0.05) is 18.7 Å². The molecule has 110 valence electrons. The van der Waals surface area contributed by atoms with E-state index in [4.69, 9.17) is 0 Å². The van der Waals surface area contributed by atoms with E-state index in [0.29, 0.717) is 6.04 Å². The number of carbonyl (C=O) groups excluding carboxylic acids is 1. The predicted octanol–water partition coefficient (Wildman–Crippen LogP) is 4.36. The quantitative estimate of drug-likeness (QED) is 0.798. The lowest BCUT2D eigenvalue weighted by atomic mass is 9.77. The maximum atomic E-state index is 12.5. The maximum absolute atomic E-state index is 12.5. The van der Waals surface area contributed by atoms with Crippen LogP contribution in [0.5, 0.6) is 0 Å². The molecule has 0 N–H and O–H groups in total. The Morgan fingerprint density at radius 3 is 2.65 bits per heavy atom. The van der Waals surface area contributed by atoms with Gasteiger partial charge >= 0.3 is 0 Å². The molecular weight excluding hydrogens is 246 g/mol. The van der Waals surface area contributed by atoms with Gasteiger partial charge in [-0.2, -0.15) is 0 Å². The molecule has 1 aliphatic carbocycles. The Bertz CT molecular complexity index is 428. The summed E-state index contributed by atoms with van der Waals surface area (Å²) in [6.07, 6.45) is 6.16. The van der Waals surface area contributed by atoms with E-state index in [-0.39, 0.29) is 5.91 Å². The van der Waals surface area contributed by atoms with E-state index in [2.05, 4.69) is 13.8 Å². The van der Waals surface area contributed by atoms with Gasteiger partial charge in [-0.05, 0) is 36.8 Å². The normalized spacial score (nSPS) is 24.1. The van der Waals surface area contributed by atoms with Crippen LogP contribution in [0.25, 0.3) is 0 Å². The summed E-state index contributed by atoms with van der Waals surface area (Å²) in [7, 11) is 1.97. The van der Waals surface area contributed by atoms with Crippen molar-refractivity contribution in [2.45, 2.75) is 52.0 Å². The zero-order chi connectivity index (χ0) is 14.5. The second kappa shape index (κ2) is 6.92. The summed E-state index contributed by atoms with van der Waals surface area (Å²) >= 11 is 0. The molecule has 1 fully saturated rings. The number of carbonyl (C=O) groups is 1.